The normalized spacial score (nSPS) is 12.6. The smallest absolute Gasteiger partial charge is 0.0553 e. The number of benzene rings is 2. The van der Waals surface area contributed by atoms with Crippen molar-refractivity contribution < 1.29 is 0 Å². The molecular formula is C18H24N2S. The van der Waals surface area contributed by atoms with E-state index in [9.17, 15) is 0 Å². The Hall–Kier alpha value is -1.29. The van der Waals surface area contributed by atoms with E-state index in [4.69, 9.17) is 5.84 Å². The molecule has 21 heavy (non-hydrogen) atoms. The van der Waals surface area contributed by atoms with E-state index >= 15 is 0 Å². The third kappa shape index (κ3) is 4.60. The Kier molecular flexibility index (Phi) is 5.85. The number of nitrogens with two attached hydrogens (primary N) is 1. The highest BCUT2D eigenvalue weighted by Gasteiger charge is 2.10. The van der Waals surface area contributed by atoms with Crippen LogP contribution in [0.2, 0.25) is 0 Å². The van der Waals surface area contributed by atoms with E-state index < -0.39 is 0 Å². The maximum atomic E-state index is 5.73. The predicted molar refractivity (Wildman–Crippen MR) is 92.5 cm³/mol. The molecule has 0 aliphatic rings. The molecule has 1 unspecified atom stereocenters. The van der Waals surface area contributed by atoms with Gasteiger partial charge in [-0.2, -0.15) is 0 Å². The second-order valence-corrected chi connectivity index (χ2v) is 6.76. The highest BCUT2D eigenvalue weighted by Crippen LogP contribution is 2.25. The first-order valence-corrected chi connectivity index (χ1v) is 8.34. The van der Waals surface area contributed by atoms with Crippen molar-refractivity contribution in [3.8, 4) is 0 Å². The molecule has 1 atom stereocenters. The van der Waals surface area contributed by atoms with E-state index in [2.05, 4.69) is 74.7 Å². The fourth-order valence-electron chi connectivity index (χ4n) is 2.17. The molecule has 2 aromatic carbocycles. The van der Waals surface area contributed by atoms with Crippen LogP contribution in [0.25, 0.3) is 0 Å². The largest absolute Gasteiger partial charge is 0.271 e. The van der Waals surface area contributed by atoms with E-state index in [1.165, 1.54) is 21.6 Å². The van der Waals surface area contributed by atoms with Crippen molar-refractivity contribution >= 4 is 11.8 Å². The molecule has 0 bridgehead atoms. The zero-order valence-electron chi connectivity index (χ0n) is 13.0. The average molecular weight is 300 g/mol. The lowest BCUT2D eigenvalue weighted by Crippen LogP contribution is -2.29. The molecular weight excluding hydrogens is 276 g/mol. The summed E-state index contributed by atoms with van der Waals surface area (Å²) in [6, 6.07) is 17.5. The number of hydrogen-bond donors (Lipinski definition) is 2. The highest BCUT2D eigenvalue weighted by atomic mass is 32.2. The minimum atomic E-state index is 0.164. The minimum Gasteiger partial charge on any atom is -0.271 e. The topological polar surface area (TPSA) is 38.0 Å². The Morgan fingerprint density at radius 3 is 2.05 bits per heavy atom. The summed E-state index contributed by atoms with van der Waals surface area (Å²) in [5.74, 6) is 7.21. The first-order chi connectivity index (χ1) is 10.1. The predicted octanol–water partition coefficient (Wildman–Crippen LogP) is 4.42. The third-order valence-electron chi connectivity index (χ3n) is 3.64. The van der Waals surface area contributed by atoms with E-state index in [-0.39, 0.29) is 6.04 Å². The van der Waals surface area contributed by atoms with Crippen LogP contribution in [0.15, 0.2) is 53.4 Å². The average Bonchev–Trinajstić information content (AvgIpc) is 2.50. The summed E-state index contributed by atoms with van der Waals surface area (Å²) < 4.78 is 0. The third-order valence-corrected chi connectivity index (χ3v) is 4.75. The maximum Gasteiger partial charge on any atom is 0.0553 e. The molecule has 0 aliphatic heterocycles. The molecule has 0 fully saturated rings. The van der Waals surface area contributed by atoms with Gasteiger partial charge in [-0.15, -0.1) is 11.8 Å². The maximum absolute atomic E-state index is 5.73. The summed E-state index contributed by atoms with van der Waals surface area (Å²) in [6.07, 6.45) is 0. The van der Waals surface area contributed by atoms with Gasteiger partial charge in [0.15, 0.2) is 0 Å². The van der Waals surface area contributed by atoms with Gasteiger partial charge in [0.05, 0.1) is 6.04 Å². The molecule has 3 heteroatoms. The Balaban J connectivity index is 2.00. The van der Waals surface area contributed by atoms with Crippen molar-refractivity contribution in [3.05, 3.63) is 65.2 Å². The van der Waals surface area contributed by atoms with Crippen LogP contribution in [0.4, 0.5) is 0 Å². The van der Waals surface area contributed by atoms with E-state index in [1.54, 1.807) is 0 Å². The minimum absolute atomic E-state index is 0.164. The molecule has 0 saturated heterocycles. The van der Waals surface area contributed by atoms with Gasteiger partial charge in [0.1, 0.15) is 0 Å². The summed E-state index contributed by atoms with van der Waals surface area (Å²) in [7, 11) is 0. The number of hydrogen-bond acceptors (Lipinski definition) is 3. The van der Waals surface area contributed by atoms with Crippen LogP contribution in [0.5, 0.6) is 0 Å². The van der Waals surface area contributed by atoms with Crippen molar-refractivity contribution in [1.82, 2.24) is 5.43 Å². The molecule has 0 spiro atoms. The van der Waals surface area contributed by atoms with Crippen LogP contribution in [0.3, 0.4) is 0 Å². The fourth-order valence-corrected chi connectivity index (χ4v) is 3.14. The summed E-state index contributed by atoms with van der Waals surface area (Å²) >= 11 is 1.82. The number of thioether (sulfide) groups is 1. The molecule has 0 aliphatic carbocycles. The van der Waals surface area contributed by atoms with Crippen molar-refractivity contribution in [1.29, 1.82) is 0 Å². The lowest BCUT2D eigenvalue weighted by Gasteiger charge is -2.17. The number of nitrogens with one attached hydrogen (secondary N) is 1. The molecule has 0 heterocycles. The van der Waals surface area contributed by atoms with Crippen LogP contribution in [-0.2, 0) is 0 Å². The highest BCUT2D eigenvalue weighted by molar-refractivity contribution is 7.99. The Bertz CT molecular complexity index is 546. The second kappa shape index (κ2) is 7.64. The number of aryl methyl sites for hydroxylation is 1. The molecule has 2 nitrogen and oxygen atoms in total. The zero-order valence-corrected chi connectivity index (χ0v) is 13.8. The Morgan fingerprint density at radius 1 is 0.952 bits per heavy atom. The van der Waals surface area contributed by atoms with E-state index in [1.807, 2.05) is 11.8 Å². The van der Waals surface area contributed by atoms with Crippen molar-refractivity contribution in [3.63, 3.8) is 0 Å². The first kappa shape index (κ1) is 16.1. The van der Waals surface area contributed by atoms with Gasteiger partial charge in [-0.1, -0.05) is 55.8 Å². The molecule has 2 aromatic rings. The van der Waals surface area contributed by atoms with Crippen LogP contribution in [0.1, 0.15) is 42.5 Å². The van der Waals surface area contributed by atoms with Crippen LogP contribution in [0, 0.1) is 6.92 Å². The second-order valence-electron chi connectivity index (χ2n) is 5.66. The summed E-state index contributed by atoms with van der Waals surface area (Å²) in [5.41, 5.74) is 6.82. The van der Waals surface area contributed by atoms with E-state index in [0.29, 0.717) is 5.92 Å². The zero-order chi connectivity index (χ0) is 15.2. The van der Waals surface area contributed by atoms with Gasteiger partial charge >= 0.3 is 0 Å². The van der Waals surface area contributed by atoms with Gasteiger partial charge in [-0.05, 0) is 36.1 Å². The van der Waals surface area contributed by atoms with Gasteiger partial charge in [-0.3, -0.25) is 11.3 Å². The lowest BCUT2D eigenvalue weighted by molar-refractivity contribution is 0.610. The fraction of sp³-hybridized carbons (Fsp3) is 0.333. The van der Waals surface area contributed by atoms with Gasteiger partial charge in [0.2, 0.25) is 0 Å². The molecule has 2 rings (SSSR count). The lowest BCUT2D eigenvalue weighted by atomic mass is 10.00. The SMILES string of the molecule is Cc1ccc(SCC(NN)c2ccc(C(C)C)cc2)cc1. The van der Waals surface area contributed by atoms with Gasteiger partial charge in [-0.25, -0.2) is 0 Å². The molecule has 0 radical (unpaired) electrons. The van der Waals surface area contributed by atoms with Gasteiger partial charge in [0.25, 0.3) is 0 Å². The standard InChI is InChI=1S/C18H24N2S/c1-13(2)15-6-8-16(9-7-15)18(20-19)12-21-17-10-4-14(3)5-11-17/h4-11,13,18,20H,12,19H2,1-3H3. The van der Waals surface area contributed by atoms with Crippen LogP contribution >= 0.6 is 11.8 Å². The Labute approximate surface area is 132 Å². The Morgan fingerprint density at radius 2 is 1.52 bits per heavy atom. The summed E-state index contributed by atoms with van der Waals surface area (Å²) in [6.45, 7) is 6.52. The van der Waals surface area contributed by atoms with Crippen LogP contribution < -0.4 is 11.3 Å². The van der Waals surface area contributed by atoms with E-state index in [0.717, 1.165) is 5.75 Å². The summed E-state index contributed by atoms with van der Waals surface area (Å²) in [4.78, 5) is 1.28. The van der Waals surface area contributed by atoms with Crippen molar-refractivity contribution in [2.45, 2.75) is 37.6 Å². The van der Waals surface area contributed by atoms with Crippen LogP contribution in [-0.4, -0.2) is 5.75 Å². The number of rotatable bonds is 6. The number of hydrazine groups is 1. The van der Waals surface area contributed by atoms with Gasteiger partial charge in [0, 0.05) is 10.6 Å². The first-order valence-electron chi connectivity index (χ1n) is 7.35. The molecule has 0 amide bonds. The molecule has 3 N–H and O–H groups in total. The van der Waals surface area contributed by atoms with Crippen molar-refractivity contribution in [2.24, 2.45) is 5.84 Å². The summed E-state index contributed by atoms with van der Waals surface area (Å²) in [5, 5.41) is 0. The monoisotopic (exact) mass is 300 g/mol. The molecule has 0 aromatic heterocycles. The quantitative estimate of drug-likeness (QED) is 0.471. The molecule has 0 saturated carbocycles. The van der Waals surface area contributed by atoms with Gasteiger partial charge < -0.3 is 0 Å². The molecule has 112 valence electrons. The van der Waals surface area contributed by atoms with Crippen molar-refractivity contribution in [2.75, 3.05) is 5.75 Å².